The molecular formula is C18H32N4O. The molecule has 5 nitrogen and oxygen atoms in total. The summed E-state index contributed by atoms with van der Waals surface area (Å²) in [5.41, 5.74) is 0. The number of nitrogens with one attached hydrogen (secondary N) is 2. The molecule has 3 aliphatic rings. The zero-order valence-corrected chi connectivity index (χ0v) is 14.5. The Morgan fingerprint density at radius 1 is 1.04 bits per heavy atom. The van der Waals surface area contributed by atoms with Crippen molar-refractivity contribution in [2.24, 2.45) is 16.8 Å². The van der Waals surface area contributed by atoms with Crippen LogP contribution in [0.4, 0.5) is 0 Å². The third kappa shape index (κ3) is 4.39. The highest BCUT2D eigenvalue weighted by atomic mass is 16.2. The number of likely N-dealkylation sites (tertiary alicyclic amines) is 1. The quantitative estimate of drug-likeness (QED) is 0.619. The Morgan fingerprint density at radius 2 is 1.78 bits per heavy atom. The van der Waals surface area contributed by atoms with Crippen molar-refractivity contribution >= 4 is 11.9 Å². The van der Waals surface area contributed by atoms with Crippen molar-refractivity contribution in [3.63, 3.8) is 0 Å². The second-order valence-corrected chi connectivity index (χ2v) is 7.47. The van der Waals surface area contributed by atoms with Crippen LogP contribution in [0.3, 0.4) is 0 Å². The fourth-order valence-electron chi connectivity index (χ4n) is 4.63. The fourth-order valence-corrected chi connectivity index (χ4v) is 4.63. The molecule has 2 aliphatic carbocycles. The minimum absolute atomic E-state index is 0.196. The van der Waals surface area contributed by atoms with Gasteiger partial charge in [-0.1, -0.05) is 25.7 Å². The molecule has 5 heteroatoms. The van der Waals surface area contributed by atoms with E-state index in [0.717, 1.165) is 43.7 Å². The Morgan fingerprint density at radius 3 is 2.52 bits per heavy atom. The normalized spacial score (nSPS) is 31.6. The van der Waals surface area contributed by atoms with Crippen molar-refractivity contribution < 1.29 is 4.79 Å². The summed E-state index contributed by atoms with van der Waals surface area (Å²) in [6, 6.07) is 0.516. The van der Waals surface area contributed by atoms with Crippen LogP contribution in [0.5, 0.6) is 0 Å². The van der Waals surface area contributed by atoms with Crippen LogP contribution in [-0.4, -0.2) is 49.5 Å². The summed E-state index contributed by atoms with van der Waals surface area (Å²) in [4.78, 5) is 18.4. The lowest BCUT2D eigenvalue weighted by molar-refractivity contribution is -0.128. The first kappa shape index (κ1) is 16.6. The van der Waals surface area contributed by atoms with Gasteiger partial charge in [0, 0.05) is 26.2 Å². The van der Waals surface area contributed by atoms with Gasteiger partial charge in [-0.05, 0) is 43.9 Å². The molecule has 3 fully saturated rings. The summed E-state index contributed by atoms with van der Waals surface area (Å²) >= 11 is 0. The van der Waals surface area contributed by atoms with E-state index in [0.29, 0.717) is 12.6 Å². The number of carbonyl (C=O) groups is 1. The number of rotatable bonds is 3. The smallest absolute Gasteiger partial charge is 0.241 e. The molecule has 1 heterocycles. The minimum atomic E-state index is 0.196. The number of aliphatic imine (C=N–C) groups is 1. The van der Waals surface area contributed by atoms with Crippen molar-refractivity contribution in [3.05, 3.63) is 0 Å². The number of hydrogen-bond acceptors (Lipinski definition) is 2. The molecule has 3 atom stereocenters. The van der Waals surface area contributed by atoms with E-state index < -0.39 is 0 Å². The average Bonchev–Trinajstić information content (AvgIpc) is 3.13. The van der Waals surface area contributed by atoms with Crippen molar-refractivity contribution in [2.75, 3.05) is 26.7 Å². The van der Waals surface area contributed by atoms with Crippen LogP contribution in [0.25, 0.3) is 0 Å². The molecule has 0 radical (unpaired) electrons. The van der Waals surface area contributed by atoms with E-state index in [-0.39, 0.29) is 5.91 Å². The molecule has 130 valence electrons. The molecule has 2 saturated carbocycles. The molecule has 1 amide bonds. The lowest BCUT2D eigenvalue weighted by Gasteiger charge is -2.39. The summed E-state index contributed by atoms with van der Waals surface area (Å²) in [6.07, 6.45) is 11.8. The summed E-state index contributed by atoms with van der Waals surface area (Å²) in [5, 5.41) is 6.77. The predicted molar refractivity (Wildman–Crippen MR) is 93.4 cm³/mol. The first-order valence-corrected chi connectivity index (χ1v) is 9.51. The minimum Gasteiger partial charge on any atom is -0.354 e. The summed E-state index contributed by atoms with van der Waals surface area (Å²) < 4.78 is 0. The van der Waals surface area contributed by atoms with Crippen LogP contribution in [-0.2, 0) is 4.79 Å². The maximum Gasteiger partial charge on any atom is 0.241 e. The number of nitrogens with zero attached hydrogens (tertiary/aromatic N) is 2. The molecule has 0 aromatic heterocycles. The molecule has 3 unspecified atom stereocenters. The van der Waals surface area contributed by atoms with Gasteiger partial charge >= 0.3 is 0 Å². The van der Waals surface area contributed by atoms with Crippen molar-refractivity contribution in [3.8, 4) is 0 Å². The van der Waals surface area contributed by atoms with Crippen LogP contribution in [0.1, 0.15) is 57.8 Å². The van der Waals surface area contributed by atoms with Gasteiger partial charge in [-0.2, -0.15) is 0 Å². The van der Waals surface area contributed by atoms with Gasteiger partial charge < -0.3 is 15.5 Å². The second-order valence-electron chi connectivity index (χ2n) is 7.47. The van der Waals surface area contributed by atoms with Gasteiger partial charge in [0.25, 0.3) is 0 Å². The standard InChI is InChI=1S/C18H32N4O/c1-19-18(20-13-17(23)22-10-4-5-11-22)21-16-9-8-14-6-2-3-7-15(14)12-16/h14-16H,2-13H2,1H3,(H2,19,20,21). The molecule has 1 aliphatic heterocycles. The Kier molecular flexibility index (Phi) is 5.79. The summed E-state index contributed by atoms with van der Waals surface area (Å²) in [6.45, 7) is 2.19. The predicted octanol–water partition coefficient (Wildman–Crippen LogP) is 2.13. The van der Waals surface area contributed by atoms with E-state index in [9.17, 15) is 4.79 Å². The highest BCUT2D eigenvalue weighted by Gasteiger charge is 2.32. The van der Waals surface area contributed by atoms with Crippen molar-refractivity contribution in [1.29, 1.82) is 0 Å². The molecule has 23 heavy (non-hydrogen) atoms. The molecule has 2 N–H and O–H groups in total. The number of amides is 1. The third-order valence-electron chi connectivity index (χ3n) is 5.97. The largest absolute Gasteiger partial charge is 0.354 e. The molecule has 1 saturated heterocycles. The van der Waals surface area contributed by atoms with E-state index in [1.807, 2.05) is 4.90 Å². The maximum atomic E-state index is 12.1. The van der Waals surface area contributed by atoms with Gasteiger partial charge in [0.1, 0.15) is 0 Å². The first-order valence-electron chi connectivity index (χ1n) is 9.51. The van der Waals surface area contributed by atoms with Crippen molar-refractivity contribution in [1.82, 2.24) is 15.5 Å². The van der Waals surface area contributed by atoms with E-state index in [4.69, 9.17) is 0 Å². The summed E-state index contributed by atoms with van der Waals surface area (Å²) in [5.74, 6) is 2.85. The second kappa shape index (κ2) is 8.02. The zero-order chi connectivity index (χ0) is 16.1. The van der Waals surface area contributed by atoms with Gasteiger partial charge in [0.15, 0.2) is 5.96 Å². The van der Waals surface area contributed by atoms with Crippen LogP contribution >= 0.6 is 0 Å². The zero-order valence-electron chi connectivity index (χ0n) is 14.5. The number of carbonyl (C=O) groups excluding carboxylic acids is 1. The van der Waals surface area contributed by atoms with Gasteiger partial charge in [0.05, 0.1) is 6.54 Å². The lowest BCUT2D eigenvalue weighted by atomic mass is 9.69. The van der Waals surface area contributed by atoms with E-state index >= 15 is 0 Å². The Bertz CT molecular complexity index is 431. The Labute approximate surface area is 140 Å². The monoisotopic (exact) mass is 320 g/mol. The van der Waals surface area contributed by atoms with Gasteiger partial charge in [0.2, 0.25) is 5.91 Å². The van der Waals surface area contributed by atoms with Crippen LogP contribution < -0.4 is 10.6 Å². The number of hydrogen-bond donors (Lipinski definition) is 2. The van der Waals surface area contributed by atoms with E-state index in [2.05, 4.69) is 15.6 Å². The maximum absolute atomic E-state index is 12.1. The van der Waals surface area contributed by atoms with Crippen LogP contribution in [0, 0.1) is 11.8 Å². The molecule has 0 aromatic carbocycles. The summed E-state index contributed by atoms with van der Waals surface area (Å²) in [7, 11) is 1.79. The Hall–Kier alpha value is -1.26. The van der Waals surface area contributed by atoms with E-state index in [1.54, 1.807) is 7.05 Å². The lowest BCUT2D eigenvalue weighted by Crippen LogP contribution is -2.49. The molecule has 3 rings (SSSR count). The van der Waals surface area contributed by atoms with Crippen molar-refractivity contribution in [2.45, 2.75) is 63.8 Å². The Balaban J connectivity index is 1.43. The highest BCUT2D eigenvalue weighted by Crippen LogP contribution is 2.40. The molecule has 0 spiro atoms. The molecule has 0 bridgehead atoms. The van der Waals surface area contributed by atoms with E-state index in [1.165, 1.54) is 44.9 Å². The average molecular weight is 320 g/mol. The van der Waals surface area contributed by atoms with Crippen LogP contribution in [0.2, 0.25) is 0 Å². The number of fused-ring (bicyclic) bond motifs is 1. The van der Waals surface area contributed by atoms with Gasteiger partial charge in [-0.25, -0.2) is 0 Å². The first-order chi connectivity index (χ1) is 11.3. The topological polar surface area (TPSA) is 56.7 Å². The van der Waals surface area contributed by atoms with Gasteiger partial charge in [-0.15, -0.1) is 0 Å². The third-order valence-corrected chi connectivity index (χ3v) is 5.97. The van der Waals surface area contributed by atoms with Gasteiger partial charge in [-0.3, -0.25) is 9.79 Å². The highest BCUT2D eigenvalue weighted by molar-refractivity contribution is 5.86. The SMILES string of the molecule is CN=C(NCC(=O)N1CCCC1)NC1CCC2CCCCC2C1. The fraction of sp³-hybridized carbons (Fsp3) is 0.889. The molecule has 0 aromatic rings. The molecular weight excluding hydrogens is 288 g/mol. The number of guanidine groups is 1. The van der Waals surface area contributed by atoms with Crippen LogP contribution in [0.15, 0.2) is 4.99 Å².